The summed E-state index contributed by atoms with van der Waals surface area (Å²) in [7, 11) is 2.10. The molecule has 0 amide bonds. The number of aromatic nitrogens is 2. The van der Waals surface area contributed by atoms with Crippen LogP contribution in [0, 0.1) is 5.41 Å². The predicted molar refractivity (Wildman–Crippen MR) is 57.9 cm³/mol. The molecule has 0 bridgehead atoms. The van der Waals surface area contributed by atoms with Crippen LogP contribution in [0.5, 0.6) is 0 Å². The third kappa shape index (κ3) is 2.30. The van der Waals surface area contributed by atoms with E-state index in [0.29, 0.717) is 11.5 Å². The van der Waals surface area contributed by atoms with Crippen LogP contribution in [0.3, 0.4) is 0 Å². The standard InChI is InChI=1S/C10H15N5/c1-14-4-6-15(7-5-14)10(11)9-2-3-12-8-13-9/h2-3,8,11H,4-7H2,1H3. The van der Waals surface area contributed by atoms with Crippen molar-refractivity contribution in [1.29, 1.82) is 5.41 Å². The Morgan fingerprint density at radius 1 is 1.33 bits per heavy atom. The van der Waals surface area contributed by atoms with Crippen LogP contribution in [0.25, 0.3) is 0 Å². The first-order chi connectivity index (χ1) is 7.27. The smallest absolute Gasteiger partial charge is 0.147 e. The van der Waals surface area contributed by atoms with Crippen molar-refractivity contribution in [2.24, 2.45) is 0 Å². The van der Waals surface area contributed by atoms with Crippen molar-refractivity contribution < 1.29 is 0 Å². The fourth-order valence-electron chi connectivity index (χ4n) is 1.62. The molecule has 0 atom stereocenters. The number of amidine groups is 1. The van der Waals surface area contributed by atoms with Gasteiger partial charge < -0.3 is 9.80 Å². The highest BCUT2D eigenvalue weighted by atomic mass is 15.3. The van der Waals surface area contributed by atoms with Crippen LogP contribution in [0.2, 0.25) is 0 Å². The molecule has 1 aliphatic heterocycles. The molecule has 2 heterocycles. The van der Waals surface area contributed by atoms with E-state index in [9.17, 15) is 0 Å². The van der Waals surface area contributed by atoms with Crippen LogP contribution in [-0.4, -0.2) is 58.8 Å². The molecule has 0 radical (unpaired) electrons. The minimum atomic E-state index is 0.505. The summed E-state index contributed by atoms with van der Waals surface area (Å²) >= 11 is 0. The van der Waals surface area contributed by atoms with Crippen LogP contribution in [0.1, 0.15) is 5.69 Å². The molecular formula is C10H15N5. The summed E-state index contributed by atoms with van der Waals surface area (Å²) in [6, 6.07) is 1.78. The topological polar surface area (TPSA) is 56.1 Å². The molecule has 5 heteroatoms. The summed E-state index contributed by atoms with van der Waals surface area (Å²) in [6.07, 6.45) is 3.16. The van der Waals surface area contributed by atoms with E-state index in [1.165, 1.54) is 6.33 Å². The van der Waals surface area contributed by atoms with E-state index >= 15 is 0 Å². The first-order valence-electron chi connectivity index (χ1n) is 5.06. The van der Waals surface area contributed by atoms with Crippen molar-refractivity contribution >= 4 is 5.84 Å². The number of nitrogens with zero attached hydrogens (tertiary/aromatic N) is 4. The second kappa shape index (κ2) is 4.35. The lowest BCUT2D eigenvalue weighted by atomic mass is 10.3. The first-order valence-corrected chi connectivity index (χ1v) is 5.06. The average molecular weight is 205 g/mol. The highest BCUT2D eigenvalue weighted by Gasteiger charge is 2.17. The van der Waals surface area contributed by atoms with Gasteiger partial charge in [-0.15, -0.1) is 0 Å². The zero-order chi connectivity index (χ0) is 10.7. The van der Waals surface area contributed by atoms with E-state index in [4.69, 9.17) is 5.41 Å². The third-order valence-electron chi connectivity index (χ3n) is 2.64. The predicted octanol–water partition coefficient (Wildman–Crippen LogP) is 0.0494. The maximum absolute atomic E-state index is 8.01. The van der Waals surface area contributed by atoms with E-state index in [0.717, 1.165) is 26.2 Å². The van der Waals surface area contributed by atoms with Gasteiger partial charge in [0.25, 0.3) is 0 Å². The van der Waals surface area contributed by atoms with E-state index in [-0.39, 0.29) is 0 Å². The highest BCUT2D eigenvalue weighted by molar-refractivity contribution is 5.94. The molecule has 2 rings (SSSR count). The van der Waals surface area contributed by atoms with Crippen LogP contribution in [-0.2, 0) is 0 Å². The number of nitrogens with one attached hydrogen (secondary N) is 1. The lowest BCUT2D eigenvalue weighted by Crippen LogP contribution is -2.47. The van der Waals surface area contributed by atoms with Gasteiger partial charge in [0.05, 0.1) is 0 Å². The Kier molecular flexibility index (Phi) is 2.91. The fraction of sp³-hybridized carbons (Fsp3) is 0.500. The van der Waals surface area contributed by atoms with Crippen molar-refractivity contribution in [2.75, 3.05) is 33.2 Å². The maximum atomic E-state index is 8.01. The van der Waals surface area contributed by atoms with Crippen LogP contribution in [0.15, 0.2) is 18.6 Å². The Labute approximate surface area is 89.3 Å². The van der Waals surface area contributed by atoms with Gasteiger partial charge in [0.1, 0.15) is 17.9 Å². The van der Waals surface area contributed by atoms with Gasteiger partial charge in [-0.05, 0) is 13.1 Å². The summed E-state index contributed by atoms with van der Waals surface area (Å²) in [6.45, 7) is 3.82. The van der Waals surface area contributed by atoms with Crippen molar-refractivity contribution in [3.63, 3.8) is 0 Å². The van der Waals surface area contributed by atoms with Crippen LogP contribution >= 0.6 is 0 Å². The maximum Gasteiger partial charge on any atom is 0.147 e. The number of hydrogen-bond acceptors (Lipinski definition) is 4. The van der Waals surface area contributed by atoms with Gasteiger partial charge in [0, 0.05) is 32.4 Å². The van der Waals surface area contributed by atoms with Gasteiger partial charge >= 0.3 is 0 Å². The van der Waals surface area contributed by atoms with Gasteiger partial charge in [0.2, 0.25) is 0 Å². The van der Waals surface area contributed by atoms with Crippen molar-refractivity contribution in [3.05, 3.63) is 24.3 Å². The Morgan fingerprint density at radius 3 is 2.67 bits per heavy atom. The molecule has 0 spiro atoms. The molecule has 1 aromatic heterocycles. The summed E-state index contributed by atoms with van der Waals surface area (Å²) in [5.74, 6) is 0.505. The molecule has 0 unspecified atom stereocenters. The Morgan fingerprint density at radius 2 is 2.07 bits per heavy atom. The molecule has 80 valence electrons. The number of hydrogen-bond donors (Lipinski definition) is 1. The molecule has 0 saturated carbocycles. The zero-order valence-corrected chi connectivity index (χ0v) is 8.85. The molecule has 5 nitrogen and oxygen atoms in total. The SMILES string of the molecule is CN1CCN(C(=N)c2ccncn2)CC1. The molecule has 1 aromatic rings. The number of likely N-dealkylation sites (N-methyl/N-ethyl adjacent to an activating group) is 1. The van der Waals surface area contributed by atoms with Gasteiger partial charge in [-0.2, -0.15) is 0 Å². The van der Waals surface area contributed by atoms with Crippen molar-refractivity contribution in [3.8, 4) is 0 Å². The highest BCUT2D eigenvalue weighted by Crippen LogP contribution is 2.04. The van der Waals surface area contributed by atoms with Gasteiger partial charge in [-0.25, -0.2) is 9.97 Å². The fourth-order valence-corrected chi connectivity index (χ4v) is 1.62. The molecule has 1 saturated heterocycles. The molecule has 1 aliphatic rings. The molecule has 0 aliphatic carbocycles. The van der Waals surface area contributed by atoms with Gasteiger partial charge in [-0.3, -0.25) is 5.41 Å². The third-order valence-corrected chi connectivity index (χ3v) is 2.64. The largest absolute Gasteiger partial charge is 0.353 e. The van der Waals surface area contributed by atoms with Crippen LogP contribution < -0.4 is 0 Å². The zero-order valence-electron chi connectivity index (χ0n) is 8.85. The van der Waals surface area contributed by atoms with E-state index in [1.807, 2.05) is 0 Å². The molecule has 1 fully saturated rings. The summed E-state index contributed by atoms with van der Waals surface area (Å²) in [4.78, 5) is 12.3. The quantitative estimate of drug-likeness (QED) is 0.520. The Bertz CT molecular complexity index is 329. The number of piperazine rings is 1. The summed E-state index contributed by atoms with van der Waals surface area (Å²) < 4.78 is 0. The minimum absolute atomic E-state index is 0.505. The van der Waals surface area contributed by atoms with Gasteiger partial charge in [-0.1, -0.05) is 0 Å². The first kappa shape index (κ1) is 10.0. The van der Waals surface area contributed by atoms with Crippen molar-refractivity contribution in [2.45, 2.75) is 0 Å². The number of rotatable bonds is 1. The summed E-state index contributed by atoms with van der Waals surface area (Å²) in [5.41, 5.74) is 0.703. The van der Waals surface area contributed by atoms with E-state index < -0.39 is 0 Å². The van der Waals surface area contributed by atoms with E-state index in [2.05, 4.69) is 26.8 Å². The monoisotopic (exact) mass is 205 g/mol. The normalized spacial score (nSPS) is 17.8. The average Bonchev–Trinajstić information content (AvgIpc) is 2.30. The second-order valence-electron chi connectivity index (χ2n) is 3.73. The Balaban J connectivity index is 2.03. The molecule has 0 aromatic carbocycles. The minimum Gasteiger partial charge on any atom is -0.353 e. The summed E-state index contributed by atoms with van der Waals surface area (Å²) in [5, 5.41) is 8.01. The molecule has 1 N–H and O–H groups in total. The lowest BCUT2D eigenvalue weighted by molar-refractivity contribution is 0.215. The van der Waals surface area contributed by atoms with Gasteiger partial charge in [0.15, 0.2) is 0 Å². The van der Waals surface area contributed by atoms with E-state index in [1.54, 1.807) is 12.3 Å². The molecule has 15 heavy (non-hydrogen) atoms. The molecular weight excluding hydrogens is 190 g/mol. The Hall–Kier alpha value is -1.49. The second-order valence-corrected chi connectivity index (χ2v) is 3.73. The lowest BCUT2D eigenvalue weighted by Gasteiger charge is -2.33. The van der Waals surface area contributed by atoms with Crippen LogP contribution in [0.4, 0.5) is 0 Å². The van der Waals surface area contributed by atoms with Crippen molar-refractivity contribution in [1.82, 2.24) is 19.8 Å².